The summed E-state index contributed by atoms with van der Waals surface area (Å²) >= 11 is 0. The van der Waals surface area contributed by atoms with Gasteiger partial charge in [-0.15, -0.1) is 0 Å². The van der Waals surface area contributed by atoms with Gasteiger partial charge >= 0.3 is 0 Å². The lowest BCUT2D eigenvalue weighted by molar-refractivity contribution is -0.140. The number of likely N-dealkylation sites (tertiary alicyclic amines) is 1. The average Bonchev–Trinajstić information content (AvgIpc) is 2.95. The first kappa shape index (κ1) is 13.6. The molecule has 0 radical (unpaired) electrons. The van der Waals surface area contributed by atoms with Gasteiger partial charge in [0.05, 0.1) is 6.33 Å². The molecular formula is C15H23N3O2. The van der Waals surface area contributed by atoms with E-state index in [1.54, 1.807) is 0 Å². The maximum absolute atomic E-state index is 12.8. The number of hydrogen-bond donors (Lipinski definition) is 1. The highest BCUT2D eigenvalue weighted by Gasteiger charge is 2.33. The molecule has 0 aromatic carbocycles. The van der Waals surface area contributed by atoms with Crippen molar-refractivity contribution in [1.82, 2.24) is 14.5 Å². The maximum Gasteiger partial charge on any atom is 0.226 e. The van der Waals surface area contributed by atoms with Gasteiger partial charge < -0.3 is 14.6 Å². The standard InChI is InChI=1S/C15H23N3O2/c19-8-5-13-3-1-2-6-18(13)15(20)12-4-7-17-11-16-10-14(17)9-12/h10-13,19H,1-9H2. The highest BCUT2D eigenvalue weighted by atomic mass is 16.3. The lowest BCUT2D eigenvalue weighted by Gasteiger charge is -2.38. The van der Waals surface area contributed by atoms with Crippen LogP contribution in [0.15, 0.2) is 12.5 Å². The van der Waals surface area contributed by atoms with E-state index in [1.165, 1.54) is 12.1 Å². The highest BCUT2D eigenvalue weighted by Crippen LogP contribution is 2.26. The molecule has 0 spiro atoms. The van der Waals surface area contributed by atoms with Crippen molar-refractivity contribution in [2.45, 2.75) is 51.1 Å². The minimum absolute atomic E-state index is 0.0958. The van der Waals surface area contributed by atoms with E-state index in [4.69, 9.17) is 0 Å². The van der Waals surface area contributed by atoms with Gasteiger partial charge in [-0.1, -0.05) is 0 Å². The van der Waals surface area contributed by atoms with Crippen molar-refractivity contribution >= 4 is 5.91 Å². The normalized spacial score (nSPS) is 26.4. The Morgan fingerprint density at radius 2 is 2.25 bits per heavy atom. The van der Waals surface area contributed by atoms with Crippen LogP contribution in [0.3, 0.4) is 0 Å². The molecule has 5 heteroatoms. The highest BCUT2D eigenvalue weighted by molar-refractivity contribution is 5.79. The van der Waals surface area contributed by atoms with Gasteiger partial charge in [-0.2, -0.15) is 0 Å². The zero-order valence-electron chi connectivity index (χ0n) is 11.9. The van der Waals surface area contributed by atoms with E-state index in [1.807, 2.05) is 17.4 Å². The van der Waals surface area contributed by atoms with Crippen LogP contribution in [0, 0.1) is 5.92 Å². The minimum Gasteiger partial charge on any atom is -0.396 e. The van der Waals surface area contributed by atoms with Crippen molar-refractivity contribution in [3.63, 3.8) is 0 Å². The van der Waals surface area contributed by atoms with Crippen LogP contribution >= 0.6 is 0 Å². The third-order valence-corrected chi connectivity index (χ3v) is 4.69. The number of aliphatic hydroxyl groups is 1. The van der Waals surface area contributed by atoms with Crippen LogP contribution in [0.4, 0.5) is 0 Å². The molecule has 2 atom stereocenters. The number of amides is 1. The van der Waals surface area contributed by atoms with Gasteiger partial charge in [0.2, 0.25) is 5.91 Å². The SMILES string of the molecule is O=C(C1CCn2cncc2C1)N1CCCCC1CCO. The summed E-state index contributed by atoms with van der Waals surface area (Å²) in [6.45, 7) is 1.93. The molecule has 0 saturated carbocycles. The molecule has 2 unspecified atom stereocenters. The summed E-state index contributed by atoms with van der Waals surface area (Å²) in [6, 6.07) is 0.244. The quantitative estimate of drug-likeness (QED) is 0.903. The molecule has 3 heterocycles. The van der Waals surface area contributed by atoms with E-state index >= 15 is 0 Å². The molecule has 5 nitrogen and oxygen atoms in total. The van der Waals surface area contributed by atoms with Crippen LogP contribution < -0.4 is 0 Å². The van der Waals surface area contributed by atoms with Crippen LogP contribution in [0.2, 0.25) is 0 Å². The summed E-state index contributed by atoms with van der Waals surface area (Å²) < 4.78 is 2.14. The van der Waals surface area contributed by atoms with Crippen molar-refractivity contribution < 1.29 is 9.90 Å². The Morgan fingerprint density at radius 1 is 1.35 bits per heavy atom. The number of imidazole rings is 1. The zero-order chi connectivity index (χ0) is 13.9. The van der Waals surface area contributed by atoms with Crippen LogP contribution in [0.1, 0.15) is 37.8 Å². The number of hydrogen-bond acceptors (Lipinski definition) is 3. The number of aryl methyl sites for hydroxylation is 1. The first-order chi connectivity index (χ1) is 9.79. The largest absolute Gasteiger partial charge is 0.396 e. The number of carbonyl (C=O) groups excluding carboxylic acids is 1. The molecule has 1 amide bonds. The minimum atomic E-state index is 0.0958. The van der Waals surface area contributed by atoms with E-state index < -0.39 is 0 Å². The molecule has 2 aliphatic rings. The lowest BCUT2D eigenvalue weighted by atomic mass is 9.91. The fraction of sp³-hybridized carbons (Fsp3) is 0.733. The summed E-state index contributed by atoms with van der Waals surface area (Å²) in [4.78, 5) is 19.0. The van der Waals surface area contributed by atoms with Crippen LogP contribution in [-0.4, -0.2) is 44.7 Å². The molecule has 1 N–H and O–H groups in total. The van der Waals surface area contributed by atoms with Gasteiger partial charge in [0.25, 0.3) is 0 Å². The molecule has 1 aromatic rings. The fourth-order valence-corrected chi connectivity index (χ4v) is 3.55. The predicted octanol–water partition coefficient (Wildman–Crippen LogP) is 1.21. The van der Waals surface area contributed by atoms with E-state index in [9.17, 15) is 9.90 Å². The number of aliphatic hydroxyl groups excluding tert-OH is 1. The van der Waals surface area contributed by atoms with Crippen molar-refractivity contribution in [2.75, 3.05) is 13.2 Å². The van der Waals surface area contributed by atoms with Crippen LogP contribution in [-0.2, 0) is 17.8 Å². The fourth-order valence-electron chi connectivity index (χ4n) is 3.55. The topological polar surface area (TPSA) is 58.4 Å². The number of piperidine rings is 1. The molecule has 1 fully saturated rings. The molecule has 2 aliphatic heterocycles. The molecule has 110 valence electrons. The van der Waals surface area contributed by atoms with Crippen molar-refractivity contribution in [2.24, 2.45) is 5.92 Å². The van der Waals surface area contributed by atoms with Gasteiger partial charge in [-0.05, 0) is 32.1 Å². The Bertz CT molecular complexity index is 469. The lowest BCUT2D eigenvalue weighted by Crippen LogP contribution is -2.48. The first-order valence-corrected chi connectivity index (χ1v) is 7.70. The molecule has 1 saturated heterocycles. The summed E-state index contributed by atoms with van der Waals surface area (Å²) in [6.07, 6.45) is 9.47. The maximum atomic E-state index is 12.8. The van der Waals surface area contributed by atoms with Gasteiger partial charge in [-0.25, -0.2) is 4.98 Å². The van der Waals surface area contributed by atoms with Crippen molar-refractivity contribution in [1.29, 1.82) is 0 Å². The predicted molar refractivity (Wildman–Crippen MR) is 75.1 cm³/mol. The summed E-state index contributed by atoms with van der Waals surface area (Å²) in [5.41, 5.74) is 1.17. The summed E-state index contributed by atoms with van der Waals surface area (Å²) in [5, 5.41) is 9.18. The second kappa shape index (κ2) is 5.95. The first-order valence-electron chi connectivity index (χ1n) is 7.70. The number of fused-ring (bicyclic) bond motifs is 1. The number of nitrogens with zero attached hydrogens (tertiary/aromatic N) is 3. The van der Waals surface area contributed by atoms with E-state index in [0.717, 1.165) is 45.2 Å². The molecule has 20 heavy (non-hydrogen) atoms. The summed E-state index contributed by atoms with van der Waals surface area (Å²) in [7, 11) is 0. The van der Waals surface area contributed by atoms with Crippen molar-refractivity contribution in [3.05, 3.63) is 18.2 Å². The monoisotopic (exact) mass is 277 g/mol. The van der Waals surface area contributed by atoms with Crippen molar-refractivity contribution in [3.8, 4) is 0 Å². The number of carbonyl (C=O) groups is 1. The van der Waals surface area contributed by atoms with Crippen LogP contribution in [0.5, 0.6) is 0 Å². The van der Waals surface area contributed by atoms with Crippen LogP contribution in [0.25, 0.3) is 0 Å². The third-order valence-electron chi connectivity index (χ3n) is 4.69. The molecule has 1 aromatic heterocycles. The Kier molecular flexibility index (Phi) is 4.05. The Morgan fingerprint density at radius 3 is 3.10 bits per heavy atom. The Labute approximate surface area is 119 Å². The van der Waals surface area contributed by atoms with E-state index in [0.29, 0.717) is 0 Å². The second-order valence-electron chi connectivity index (χ2n) is 5.96. The Hall–Kier alpha value is -1.36. The van der Waals surface area contributed by atoms with Gasteiger partial charge in [0, 0.05) is 50.0 Å². The molecule has 0 bridgehead atoms. The van der Waals surface area contributed by atoms with Gasteiger partial charge in [0.15, 0.2) is 0 Å². The van der Waals surface area contributed by atoms with Gasteiger partial charge in [0.1, 0.15) is 0 Å². The zero-order valence-corrected chi connectivity index (χ0v) is 11.9. The van der Waals surface area contributed by atoms with E-state index in [-0.39, 0.29) is 24.5 Å². The summed E-state index contributed by atoms with van der Waals surface area (Å²) in [5.74, 6) is 0.383. The Balaban J connectivity index is 1.68. The molecule has 3 rings (SSSR count). The molecular weight excluding hydrogens is 254 g/mol. The molecule has 0 aliphatic carbocycles. The number of rotatable bonds is 3. The third kappa shape index (κ3) is 2.59. The number of aromatic nitrogens is 2. The van der Waals surface area contributed by atoms with E-state index in [2.05, 4.69) is 9.55 Å². The smallest absolute Gasteiger partial charge is 0.226 e. The second-order valence-corrected chi connectivity index (χ2v) is 5.96. The average molecular weight is 277 g/mol. The van der Waals surface area contributed by atoms with Gasteiger partial charge in [-0.3, -0.25) is 4.79 Å².